The standard InChI is InChI=1S/C18H23BrN4O/c1-23-6-4-12(5-7-23)21-16-3-2-11-8-15-14(9-13(10-20)24-15)17(19)18(11)22-16/h8,12-13,16,21-22H,2-7,9H2,1H3. The Morgan fingerprint density at radius 1 is 1.38 bits per heavy atom. The third kappa shape index (κ3) is 3.01. The number of likely N-dealkylation sites (tertiary alicyclic amines) is 1. The molecule has 2 unspecified atom stereocenters. The Hall–Kier alpha value is -1.29. The van der Waals surface area contributed by atoms with Crippen LogP contribution < -0.4 is 15.4 Å². The van der Waals surface area contributed by atoms with Gasteiger partial charge in [0, 0.05) is 22.5 Å². The number of nitrogens with one attached hydrogen (secondary N) is 2. The SMILES string of the molecule is CN1CCC(NC2CCc3cc4c(c(Br)c3N2)CC(C#N)O4)CC1. The lowest BCUT2D eigenvalue weighted by molar-refractivity contribution is 0.225. The minimum atomic E-state index is -0.353. The molecular formula is C18H23BrN4O. The highest BCUT2D eigenvalue weighted by Crippen LogP contribution is 2.43. The van der Waals surface area contributed by atoms with E-state index in [-0.39, 0.29) is 6.10 Å². The molecule has 6 heteroatoms. The van der Waals surface area contributed by atoms with Crippen LogP contribution in [0.5, 0.6) is 5.75 Å². The lowest BCUT2D eigenvalue weighted by Gasteiger charge is -2.35. The third-order valence-corrected chi connectivity index (χ3v) is 6.26. The predicted octanol–water partition coefficient (Wildman–Crippen LogP) is 2.64. The van der Waals surface area contributed by atoms with Crippen molar-refractivity contribution in [1.82, 2.24) is 10.2 Å². The summed E-state index contributed by atoms with van der Waals surface area (Å²) in [5.74, 6) is 0.871. The molecule has 4 rings (SSSR count). The van der Waals surface area contributed by atoms with Gasteiger partial charge in [-0.05, 0) is 73.4 Å². The first kappa shape index (κ1) is 16.2. The summed E-state index contributed by atoms with van der Waals surface area (Å²) in [6, 6.07) is 4.93. The summed E-state index contributed by atoms with van der Waals surface area (Å²) in [7, 11) is 2.19. The maximum Gasteiger partial charge on any atom is 0.188 e. The van der Waals surface area contributed by atoms with Crippen LogP contribution >= 0.6 is 15.9 Å². The van der Waals surface area contributed by atoms with Crippen LogP contribution in [0.2, 0.25) is 0 Å². The van der Waals surface area contributed by atoms with Crippen molar-refractivity contribution < 1.29 is 4.74 Å². The first-order valence-corrected chi connectivity index (χ1v) is 9.55. The molecule has 0 aliphatic carbocycles. The zero-order valence-corrected chi connectivity index (χ0v) is 15.5. The number of halogens is 1. The molecule has 0 aromatic heterocycles. The van der Waals surface area contributed by atoms with Crippen molar-refractivity contribution in [3.05, 3.63) is 21.7 Å². The number of ether oxygens (including phenoxy) is 1. The van der Waals surface area contributed by atoms with Crippen LogP contribution in [0.1, 0.15) is 30.4 Å². The van der Waals surface area contributed by atoms with E-state index in [0.717, 1.165) is 28.6 Å². The largest absolute Gasteiger partial charge is 0.475 e. The number of hydrogen-bond acceptors (Lipinski definition) is 5. The van der Waals surface area contributed by atoms with Crippen LogP contribution in [-0.4, -0.2) is 43.3 Å². The summed E-state index contributed by atoms with van der Waals surface area (Å²) >= 11 is 3.75. The number of aryl methyl sites for hydroxylation is 1. The maximum atomic E-state index is 9.12. The third-order valence-electron chi connectivity index (χ3n) is 5.39. The van der Waals surface area contributed by atoms with Crippen molar-refractivity contribution in [2.75, 3.05) is 25.5 Å². The quantitative estimate of drug-likeness (QED) is 0.812. The number of anilines is 1. The number of nitriles is 1. The number of fused-ring (bicyclic) bond motifs is 2. The second kappa shape index (κ2) is 6.55. The van der Waals surface area contributed by atoms with Crippen LogP contribution in [0, 0.1) is 11.3 Å². The van der Waals surface area contributed by atoms with Crippen LogP contribution in [0.25, 0.3) is 0 Å². The molecule has 2 atom stereocenters. The number of hydrogen-bond donors (Lipinski definition) is 2. The van der Waals surface area contributed by atoms with Crippen LogP contribution in [0.3, 0.4) is 0 Å². The van der Waals surface area contributed by atoms with Gasteiger partial charge in [-0.2, -0.15) is 5.26 Å². The lowest BCUT2D eigenvalue weighted by atomic mass is 9.97. The molecule has 2 N–H and O–H groups in total. The van der Waals surface area contributed by atoms with Gasteiger partial charge in [0.05, 0.1) is 11.9 Å². The summed E-state index contributed by atoms with van der Waals surface area (Å²) < 4.78 is 6.79. The fourth-order valence-electron chi connectivity index (χ4n) is 3.95. The molecular weight excluding hydrogens is 368 g/mol. The predicted molar refractivity (Wildman–Crippen MR) is 97.3 cm³/mol. The Balaban J connectivity index is 1.48. The molecule has 128 valence electrons. The van der Waals surface area contributed by atoms with E-state index >= 15 is 0 Å². The van der Waals surface area contributed by atoms with Crippen molar-refractivity contribution in [2.45, 2.75) is 50.4 Å². The molecule has 3 aliphatic rings. The lowest BCUT2D eigenvalue weighted by Crippen LogP contribution is -2.49. The maximum absolute atomic E-state index is 9.12. The van der Waals surface area contributed by atoms with Gasteiger partial charge in [0.2, 0.25) is 0 Å². The van der Waals surface area contributed by atoms with Gasteiger partial charge < -0.3 is 15.0 Å². The number of benzene rings is 1. The highest BCUT2D eigenvalue weighted by Gasteiger charge is 2.31. The zero-order valence-electron chi connectivity index (χ0n) is 13.9. The first-order valence-electron chi connectivity index (χ1n) is 8.75. The molecule has 0 spiro atoms. The van der Waals surface area contributed by atoms with E-state index in [9.17, 15) is 0 Å². The Bertz CT molecular complexity index is 679. The molecule has 1 aromatic rings. The van der Waals surface area contributed by atoms with Crippen LogP contribution in [-0.2, 0) is 12.8 Å². The normalized spacial score (nSPS) is 26.9. The fourth-order valence-corrected chi connectivity index (χ4v) is 4.68. The molecule has 5 nitrogen and oxygen atoms in total. The molecule has 1 saturated heterocycles. The van der Waals surface area contributed by atoms with E-state index in [2.05, 4.69) is 50.6 Å². The molecule has 1 fully saturated rings. The van der Waals surface area contributed by atoms with E-state index in [0.29, 0.717) is 18.6 Å². The van der Waals surface area contributed by atoms with Crippen molar-refractivity contribution in [1.29, 1.82) is 5.26 Å². The van der Waals surface area contributed by atoms with Crippen LogP contribution in [0.4, 0.5) is 5.69 Å². The summed E-state index contributed by atoms with van der Waals surface area (Å²) in [4.78, 5) is 2.40. The Morgan fingerprint density at radius 2 is 2.17 bits per heavy atom. The molecule has 3 aliphatic heterocycles. The molecule has 3 heterocycles. The molecule has 0 amide bonds. The molecule has 1 aromatic carbocycles. The van der Waals surface area contributed by atoms with Gasteiger partial charge in [-0.15, -0.1) is 0 Å². The highest BCUT2D eigenvalue weighted by atomic mass is 79.9. The van der Waals surface area contributed by atoms with Crippen LogP contribution in [0.15, 0.2) is 10.5 Å². The van der Waals surface area contributed by atoms with Crippen molar-refractivity contribution in [3.63, 3.8) is 0 Å². The minimum Gasteiger partial charge on any atom is -0.475 e. The molecule has 0 bridgehead atoms. The monoisotopic (exact) mass is 390 g/mol. The fraction of sp³-hybridized carbons (Fsp3) is 0.611. The van der Waals surface area contributed by atoms with E-state index < -0.39 is 0 Å². The summed E-state index contributed by atoms with van der Waals surface area (Å²) in [6.45, 7) is 2.34. The smallest absolute Gasteiger partial charge is 0.188 e. The minimum absolute atomic E-state index is 0.314. The number of piperidine rings is 1. The Morgan fingerprint density at radius 3 is 2.92 bits per heavy atom. The number of rotatable bonds is 2. The van der Waals surface area contributed by atoms with E-state index in [1.54, 1.807) is 0 Å². The van der Waals surface area contributed by atoms with E-state index in [1.165, 1.54) is 37.2 Å². The Labute approximate surface area is 151 Å². The van der Waals surface area contributed by atoms with E-state index in [4.69, 9.17) is 10.00 Å². The van der Waals surface area contributed by atoms with E-state index in [1.807, 2.05) is 0 Å². The summed E-state index contributed by atoms with van der Waals surface area (Å²) in [5.41, 5.74) is 3.57. The van der Waals surface area contributed by atoms with Gasteiger partial charge in [-0.3, -0.25) is 5.32 Å². The first-order chi connectivity index (χ1) is 11.6. The zero-order chi connectivity index (χ0) is 16.7. The van der Waals surface area contributed by atoms with Crippen molar-refractivity contribution in [2.24, 2.45) is 0 Å². The van der Waals surface area contributed by atoms with Gasteiger partial charge in [-0.1, -0.05) is 0 Å². The average Bonchev–Trinajstić information content (AvgIpc) is 3.01. The highest BCUT2D eigenvalue weighted by molar-refractivity contribution is 9.10. The summed E-state index contributed by atoms with van der Waals surface area (Å²) in [5, 5.41) is 16.6. The van der Waals surface area contributed by atoms with Crippen molar-refractivity contribution >= 4 is 21.6 Å². The second-order valence-corrected chi connectivity index (χ2v) is 7.91. The van der Waals surface area contributed by atoms with Crippen molar-refractivity contribution in [3.8, 4) is 11.8 Å². The van der Waals surface area contributed by atoms with Gasteiger partial charge in [0.15, 0.2) is 6.10 Å². The van der Waals surface area contributed by atoms with Gasteiger partial charge in [-0.25, -0.2) is 0 Å². The van der Waals surface area contributed by atoms with Gasteiger partial charge >= 0.3 is 0 Å². The van der Waals surface area contributed by atoms with Gasteiger partial charge in [0.25, 0.3) is 0 Å². The second-order valence-electron chi connectivity index (χ2n) is 7.12. The summed E-state index contributed by atoms with van der Waals surface area (Å²) in [6.07, 6.45) is 5.15. The number of nitrogens with zero attached hydrogens (tertiary/aromatic N) is 2. The average molecular weight is 391 g/mol. The molecule has 0 radical (unpaired) electrons. The topological polar surface area (TPSA) is 60.3 Å². The van der Waals surface area contributed by atoms with Gasteiger partial charge in [0.1, 0.15) is 11.8 Å². The Kier molecular flexibility index (Phi) is 4.42. The molecule has 0 saturated carbocycles. The molecule has 24 heavy (non-hydrogen) atoms.